The number of hydrogen-bond acceptors (Lipinski definition) is 2. The maximum Gasteiger partial charge on any atom is 0.319 e. The van der Waals surface area contributed by atoms with E-state index < -0.39 is 0 Å². The van der Waals surface area contributed by atoms with Crippen molar-refractivity contribution in [3.8, 4) is 0 Å². The molecule has 0 bridgehead atoms. The molecule has 1 saturated heterocycles. The molecule has 1 aliphatic rings. The Kier molecular flexibility index (Phi) is 6.45. The van der Waals surface area contributed by atoms with Gasteiger partial charge in [-0.15, -0.1) is 0 Å². The lowest BCUT2D eigenvalue weighted by atomic mass is 9.96. The number of nitrogens with one attached hydrogen (secondary N) is 2. The van der Waals surface area contributed by atoms with Crippen LogP contribution in [0.3, 0.4) is 0 Å². The smallest absolute Gasteiger partial charge is 0.319 e. The number of likely N-dealkylation sites (tertiary alicyclic amines) is 1. The van der Waals surface area contributed by atoms with Gasteiger partial charge in [-0.05, 0) is 74.5 Å². The van der Waals surface area contributed by atoms with Crippen molar-refractivity contribution in [1.82, 2.24) is 10.2 Å². The standard InChI is InChI=1S/C22H28FN3O/c1-16-4-3-5-17(2)21(16)25-22(27)24-14-18-10-12-26(13-11-18)15-19-6-8-20(23)9-7-19/h3-9,18H,10-15H2,1-2H3,(H2,24,25,27). The van der Waals surface area contributed by atoms with Crippen LogP contribution in [-0.2, 0) is 6.54 Å². The zero-order valence-electron chi connectivity index (χ0n) is 16.1. The van der Waals surface area contributed by atoms with E-state index in [9.17, 15) is 9.18 Å². The Morgan fingerprint density at radius 1 is 1.07 bits per heavy atom. The zero-order valence-corrected chi connectivity index (χ0v) is 16.1. The highest BCUT2D eigenvalue weighted by Gasteiger charge is 2.20. The fraction of sp³-hybridized carbons (Fsp3) is 0.409. The molecule has 1 fully saturated rings. The predicted molar refractivity (Wildman–Crippen MR) is 107 cm³/mol. The van der Waals surface area contributed by atoms with Gasteiger partial charge in [-0.3, -0.25) is 4.90 Å². The van der Waals surface area contributed by atoms with E-state index in [1.807, 2.05) is 44.2 Å². The summed E-state index contributed by atoms with van der Waals surface area (Å²) in [5, 5.41) is 5.99. The van der Waals surface area contributed by atoms with Gasteiger partial charge in [-0.1, -0.05) is 30.3 Å². The first kappa shape index (κ1) is 19.4. The molecule has 5 heteroatoms. The van der Waals surface area contributed by atoms with Gasteiger partial charge in [0.15, 0.2) is 0 Å². The molecule has 27 heavy (non-hydrogen) atoms. The first-order valence-corrected chi connectivity index (χ1v) is 9.59. The Balaban J connectivity index is 1.40. The van der Waals surface area contributed by atoms with Gasteiger partial charge in [-0.25, -0.2) is 9.18 Å². The maximum atomic E-state index is 13.0. The maximum absolute atomic E-state index is 13.0. The van der Waals surface area contributed by atoms with E-state index in [-0.39, 0.29) is 11.8 Å². The molecule has 1 aliphatic heterocycles. The lowest BCUT2D eigenvalue weighted by Gasteiger charge is -2.32. The minimum atomic E-state index is -0.192. The molecule has 2 amide bonds. The molecule has 2 aromatic rings. The largest absolute Gasteiger partial charge is 0.338 e. The Morgan fingerprint density at radius 3 is 2.33 bits per heavy atom. The van der Waals surface area contributed by atoms with Crippen LogP contribution in [0.2, 0.25) is 0 Å². The molecule has 0 aromatic heterocycles. The van der Waals surface area contributed by atoms with Crippen LogP contribution in [0, 0.1) is 25.6 Å². The Bertz CT molecular complexity index is 747. The molecule has 3 rings (SSSR count). The third-order valence-electron chi connectivity index (χ3n) is 5.30. The molecule has 0 atom stereocenters. The number of amides is 2. The molecule has 4 nitrogen and oxygen atoms in total. The molecule has 0 spiro atoms. The van der Waals surface area contributed by atoms with Gasteiger partial charge < -0.3 is 10.6 Å². The topological polar surface area (TPSA) is 44.4 Å². The fourth-order valence-electron chi connectivity index (χ4n) is 3.60. The lowest BCUT2D eigenvalue weighted by molar-refractivity contribution is 0.175. The van der Waals surface area contributed by atoms with Crippen LogP contribution in [0.25, 0.3) is 0 Å². The first-order valence-electron chi connectivity index (χ1n) is 9.59. The lowest BCUT2D eigenvalue weighted by Crippen LogP contribution is -2.39. The van der Waals surface area contributed by atoms with E-state index in [0.717, 1.165) is 54.9 Å². The van der Waals surface area contributed by atoms with Crippen LogP contribution in [0.1, 0.15) is 29.5 Å². The van der Waals surface area contributed by atoms with Crippen LogP contribution in [0.15, 0.2) is 42.5 Å². The second kappa shape index (κ2) is 9.00. The second-order valence-corrected chi connectivity index (χ2v) is 7.45. The second-order valence-electron chi connectivity index (χ2n) is 7.45. The first-order chi connectivity index (χ1) is 13.0. The van der Waals surface area contributed by atoms with Gasteiger partial charge in [0, 0.05) is 18.8 Å². The summed E-state index contributed by atoms with van der Waals surface area (Å²) in [7, 11) is 0. The van der Waals surface area contributed by atoms with Crippen molar-refractivity contribution in [3.63, 3.8) is 0 Å². The fourth-order valence-corrected chi connectivity index (χ4v) is 3.60. The number of aryl methyl sites for hydroxylation is 2. The molecule has 2 aromatic carbocycles. The SMILES string of the molecule is Cc1cccc(C)c1NC(=O)NCC1CCN(Cc2ccc(F)cc2)CC1. The number of urea groups is 1. The van der Waals surface area contributed by atoms with E-state index in [2.05, 4.69) is 15.5 Å². The van der Waals surface area contributed by atoms with Gasteiger partial charge in [-0.2, -0.15) is 0 Å². The Morgan fingerprint density at radius 2 is 1.70 bits per heavy atom. The highest BCUT2D eigenvalue weighted by atomic mass is 19.1. The molecule has 0 radical (unpaired) electrons. The highest BCUT2D eigenvalue weighted by molar-refractivity contribution is 5.90. The zero-order chi connectivity index (χ0) is 19.2. The van der Waals surface area contributed by atoms with Crippen LogP contribution in [0.4, 0.5) is 14.9 Å². The summed E-state index contributed by atoms with van der Waals surface area (Å²) in [4.78, 5) is 14.6. The molecule has 0 saturated carbocycles. The number of rotatable bonds is 5. The molecule has 0 unspecified atom stereocenters. The molecular weight excluding hydrogens is 341 g/mol. The molecular formula is C22H28FN3O. The number of benzene rings is 2. The van der Waals surface area contributed by atoms with E-state index in [1.54, 1.807) is 0 Å². The van der Waals surface area contributed by atoms with Gasteiger partial charge in [0.25, 0.3) is 0 Å². The van der Waals surface area contributed by atoms with E-state index >= 15 is 0 Å². The van der Waals surface area contributed by atoms with Gasteiger partial charge in [0.05, 0.1) is 0 Å². The van der Waals surface area contributed by atoms with Gasteiger partial charge in [0.1, 0.15) is 5.82 Å². The van der Waals surface area contributed by atoms with Crippen molar-refractivity contribution in [3.05, 3.63) is 65.0 Å². The quantitative estimate of drug-likeness (QED) is 0.816. The average molecular weight is 369 g/mol. The normalized spacial score (nSPS) is 15.5. The Labute approximate surface area is 160 Å². The van der Waals surface area contributed by atoms with E-state index in [0.29, 0.717) is 12.5 Å². The van der Waals surface area contributed by atoms with Crippen LogP contribution < -0.4 is 10.6 Å². The van der Waals surface area contributed by atoms with Crippen molar-refractivity contribution in [2.75, 3.05) is 25.0 Å². The molecule has 0 aliphatic carbocycles. The number of hydrogen-bond donors (Lipinski definition) is 2. The number of carbonyl (C=O) groups excluding carboxylic acids is 1. The molecule has 144 valence electrons. The van der Waals surface area contributed by atoms with E-state index in [4.69, 9.17) is 0 Å². The van der Waals surface area contributed by atoms with Crippen molar-refractivity contribution in [1.29, 1.82) is 0 Å². The van der Waals surface area contributed by atoms with Crippen molar-refractivity contribution in [2.24, 2.45) is 5.92 Å². The highest BCUT2D eigenvalue weighted by Crippen LogP contribution is 2.20. The summed E-state index contributed by atoms with van der Waals surface area (Å²) < 4.78 is 13.0. The Hall–Kier alpha value is -2.40. The molecule has 1 heterocycles. The minimum Gasteiger partial charge on any atom is -0.338 e. The van der Waals surface area contributed by atoms with Crippen molar-refractivity contribution < 1.29 is 9.18 Å². The number of nitrogens with zero attached hydrogens (tertiary/aromatic N) is 1. The van der Waals surface area contributed by atoms with Gasteiger partial charge in [0.2, 0.25) is 0 Å². The summed E-state index contributed by atoms with van der Waals surface area (Å²) in [5.74, 6) is 0.306. The van der Waals surface area contributed by atoms with Crippen molar-refractivity contribution in [2.45, 2.75) is 33.2 Å². The number of carbonyl (C=O) groups is 1. The summed E-state index contributed by atoms with van der Waals surface area (Å²) in [5.41, 5.74) is 4.17. The average Bonchev–Trinajstić information content (AvgIpc) is 2.66. The summed E-state index contributed by atoms with van der Waals surface area (Å²) in [6.07, 6.45) is 2.12. The van der Waals surface area contributed by atoms with Crippen LogP contribution in [0.5, 0.6) is 0 Å². The van der Waals surface area contributed by atoms with Crippen LogP contribution >= 0.6 is 0 Å². The third-order valence-corrected chi connectivity index (χ3v) is 5.30. The number of piperidine rings is 1. The van der Waals surface area contributed by atoms with Crippen molar-refractivity contribution >= 4 is 11.7 Å². The third kappa shape index (κ3) is 5.54. The number of anilines is 1. The number of halogens is 1. The van der Waals surface area contributed by atoms with Crippen LogP contribution in [-0.4, -0.2) is 30.6 Å². The monoisotopic (exact) mass is 369 g/mol. The summed E-state index contributed by atoms with van der Waals surface area (Å²) >= 11 is 0. The summed E-state index contributed by atoms with van der Waals surface area (Å²) in [6, 6.07) is 12.6. The van der Waals surface area contributed by atoms with E-state index in [1.165, 1.54) is 12.1 Å². The molecule has 2 N–H and O–H groups in total. The minimum absolute atomic E-state index is 0.138. The van der Waals surface area contributed by atoms with Gasteiger partial charge >= 0.3 is 6.03 Å². The predicted octanol–water partition coefficient (Wildman–Crippen LogP) is 4.48. The number of para-hydroxylation sites is 1. The summed E-state index contributed by atoms with van der Waals surface area (Å²) in [6.45, 7) is 7.55.